The summed E-state index contributed by atoms with van der Waals surface area (Å²) in [5, 5.41) is 13.9. The molecule has 10 heteroatoms. The molecule has 0 saturated carbocycles. The van der Waals surface area contributed by atoms with Gasteiger partial charge in [-0.25, -0.2) is 4.98 Å². The van der Waals surface area contributed by atoms with Gasteiger partial charge in [0.15, 0.2) is 0 Å². The maximum Gasteiger partial charge on any atom is 0.124 e. The lowest BCUT2D eigenvalue weighted by Crippen LogP contribution is -2.31. The highest BCUT2D eigenvalue weighted by Gasteiger charge is 2.23. The Morgan fingerprint density at radius 3 is 2.62 bits per heavy atom. The Morgan fingerprint density at radius 1 is 1.02 bits per heavy atom. The van der Waals surface area contributed by atoms with Crippen molar-refractivity contribution in [3.8, 4) is 28.8 Å². The van der Waals surface area contributed by atoms with Crippen LogP contribution in [0.5, 0.6) is 11.5 Å². The highest BCUT2D eigenvalue weighted by Crippen LogP contribution is 2.34. The Balaban J connectivity index is 1.29. The van der Waals surface area contributed by atoms with E-state index in [1.54, 1.807) is 14.2 Å². The van der Waals surface area contributed by atoms with Gasteiger partial charge in [-0.2, -0.15) is 10.4 Å². The minimum atomic E-state index is 0.101. The number of ether oxygens (including phenoxy) is 3. The van der Waals surface area contributed by atoms with Gasteiger partial charge < -0.3 is 24.0 Å². The van der Waals surface area contributed by atoms with Gasteiger partial charge in [-0.05, 0) is 50.4 Å². The highest BCUT2D eigenvalue weighted by atomic mass is 16.5. The quantitative estimate of drug-likeness (QED) is 0.260. The summed E-state index contributed by atoms with van der Waals surface area (Å²) in [6, 6.07) is 14.5. The van der Waals surface area contributed by atoms with Gasteiger partial charge in [-0.3, -0.25) is 9.67 Å². The molecule has 42 heavy (non-hydrogen) atoms. The molecule has 6 rings (SSSR count). The molecule has 0 radical (unpaired) electrons. The molecule has 2 aromatic heterocycles. The topological polar surface area (TPSA) is 102 Å². The van der Waals surface area contributed by atoms with Crippen LogP contribution in [0.15, 0.2) is 55.0 Å². The van der Waals surface area contributed by atoms with Gasteiger partial charge in [0.2, 0.25) is 0 Å². The third kappa shape index (κ3) is 6.32. The fourth-order valence-electron chi connectivity index (χ4n) is 5.80. The molecule has 2 aromatic carbocycles. The first-order chi connectivity index (χ1) is 20.6. The van der Waals surface area contributed by atoms with Crippen molar-refractivity contribution in [2.75, 3.05) is 51.9 Å². The number of hydrogen-bond acceptors (Lipinski definition) is 9. The number of methoxy groups -OCH3 is 2. The van der Waals surface area contributed by atoms with Gasteiger partial charge in [0.25, 0.3) is 0 Å². The Bertz CT molecular complexity index is 1540. The van der Waals surface area contributed by atoms with Crippen LogP contribution in [-0.4, -0.2) is 77.8 Å². The summed E-state index contributed by atoms with van der Waals surface area (Å²) in [5.41, 5.74) is 5.29. The van der Waals surface area contributed by atoms with Gasteiger partial charge in [0.1, 0.15) is 11.5 Å². The van der Waals surface area contributed by atoms with E-state index < -0.39 is 0 Å². The van der Waals surface area contributed by atoms with Crippen LogP contribution in [0.3, 0.4) is 0 Å². The second kappa shape index (κ2) is 12.8. The molecule has 0 spiro atoms. The van der Waals surface area contributed by atoms with Crippen LogP contribution in [0.2, 0.25) is 0 Å². The lowest BCUT2D eigenvalue weighted by molar-refractivity contribution is 0.00400. The van der Waals surface area contributed by atoms with E-state index in [1.807, 2.05) is 47.5 Å². The summed E-state index contributed by atoms with van der Waals surface area (Å²) in [5.74, 6) is 1.54. The van der Waals surface area contributed by atoms with E-state index >= 15 is 0 Å². The third-order valence-corrected chi connectivity index (χ3v) is 8.17. The molecule has 2 atom stereocenters. The number of rotatable bonds is 10. The number of benzene rings is 2. The number of aromatic nitrogens is 4. The molecular formula is C32H37N7O3. The van der Waals surface area contributed by atoms with Gasteiger partial charge in [0.05, 0.1) is 68.0 Å². The van der Waals surface area contributed by atoms with Crippen LogP contribution in [0.1, 0.15) is 25.7 Å². The van der Waals surface area contributed by atoms with Crippen molar-refractivity contribution in [2.45, 2.75) is 38.3 Å². The van der Waals surface area contributed by atoms with E-state index in [9.17, 15) is 5.26 Å². The van der Waals surface area contributed by atoms with Crippen LogP contribution in [0.25, 0.3) is 22.3 Å². The SMILES string of the molecule is COc1cc(OC)cc(N(CCN2CC[C@H](C#N)C2)c2ccc3ncc(-c4cnn(CC5CCCCO5)c4)nc3c2)c1. The average molecular weight is 568 g/mol. The zero-order valence-electron chi connectivity index (χ0n) is 24.3. The second-order valence-electron chi connectivity index (χ2n) is 11.0. The average Bonchev–Trinajstić information content (AvgIpc) is 3.71. The van der Waals surface area contributed by atoms with Crippen molar-refractivity contribution >= 4 is 22.4 Å². The van der Waals surface area contributed by atoms with Gasteiger partial charge in [-0.1, -0.05) is 0 Å². The van der Waals surface area contributed by atoms with Gasteiger partial charge in [0, 0.05) is 67.6 Å². The number of hydrogen-bond donors (Lipinski definition) is 0. The van der Waals surface area contributed by atoms with E-state index in [1.165, 1.54) is 6.42 Å². The highest BCUT2D eigenvalue weighted by molar-refractivity contribution is 5.82. The molecule has 4 aromatic rings. The van der Waals surface area contributed by atoms with Gasteiger partial charge >= 0.3 is 0 Å². The molecule has 0 aliphatic carbocycles. The van der Waals surface area contributed by atoms with Crippen molar-refractivity contribution in [3.05, 3.63) is 55.0 Å². The van der Waals surface area contributed by atoms with E-state index in [0.29, 0.717) is 0 Å². The molecular weight excluding hydrogens is 530 g/mol. The number of fused-ring (bicyclic) bond motifs is 1. The van der Waals surface area contributed by atoms with E-state index in [2.05, 4.69) is 33.1 Å². The van der Waals surface area contributed by atoms with Crippen LogP contribution < -0.4 is 14.4 Å². The molecule has 10 nitrogen and oxygen atoms in total. The molecule has 2 aliphatic rings. The van der Waals surface area contributed by atoms with Crippen LogP contribution >= 0.6 is 0 Å². The summed E-state index contributed by atoms with van der Waals surface area (Å²) in [6.07, 6.45) is 10.2. The minimum Gasteiger partial charge on any atom is -0.497 e. The minimum absolute atomic E-state index is 0.101. The fourth-order valence-corrected chi connectivity index (χ4v) is 5.80. The van der Waals surface area contributed by atoms with Crippen LogP contribution in [0.4, 0.5) is 11.4 Å². The largest absolute Gasteiger partial charge is 0.497 e. The van der Waals surface area contributed by atoms with Crippen LogP contribution in [0, 0.1) is 17.2 Å². The Labute approximate surface area is 246 Å². The standard InChI is InChI=1S/C32H37N7O3/c1-40-28-13-26(14-29(16-28)41-2)39(11-10-37-9-8-23(17-33)20-37)25-6-7-30-31(15-25)36-32(19-34-30)24-18-35-38(21-24)22-27-5-3-4-12-42-27/h6-7,13-16,18-19,21,23,27H,3-5,8-12,20,22H2,1-2H3/t23-,27?/m1/s1. The lowest BCUT2D eigenvalue weighted by Gasteiger charge is -2.28. The number of nitrogens with zero attached hydrogens (tertiary/aromatic N) is 7. The molecule has 0 amide bonds. The predicted molar refractivity (Wildman–Crippen MR) is 161 cm³/mol. The summed E-state index contributed by atoms with van der Waals surface area (Å²) < 4.78 is 19.0. The molecule has 2 aliphatic heterocycles. The molecule has 0 N–H and O–H groups in total. The molecule has 218 valence electrons. The Kier molecular flexibility index (Phi) is 8.49. The smallest absolute Gasteiger partial charge is 0.124 e. The third-order valence-electron chi connectivity index (χ3n) is 8.17. The van der Waals surface area contributed by atoms with E-state index in [-0.39, 0.29) is 12.0 Å². The first kappa shape index (κ1) is 27.9. The summed E-state index contributed by atoms with van der Waals surface area (Å²) in [7, 11) is 3.32. The fraction of sp³-hybridized carbons (Fsp3) is 0.438. The zero-order chi connectivity index (χ0) is 28.9. The predicted octanol–water partition coefficient (Wildman–Crippen LogP) is 5.06. The lowest BCUT2D eigenvalue weighted by atomic mass is 10.1. The molecule has 2 fully saturated rings. The maximum atomic E-state index is 9.37. The molecule has 0 bridgehead atoms. The number of likely N-dealkylation sites (tertiary alicyclic amines) is 1. The van der Waals surface area contributed by atoms with Crippen molar-refractivity contribution in [1.82, 2.24) is 24.6 Å². The molecule has 2 saturated heterocycles. The second-order valence-corrected chi connectivity index (χ2v) is 11.0. The van der Waals surface area contributed by atoms with Crippen LogP contribution in [-0.2, 0) is 11.3 Å². The maximum absolute atomic E-state index is 9.37. The summed E-state index contributed by atoms with van der Waals surface area (Å²) >= 11 is 0. The monoisotopic (exact) mass is 567 g/mol. The summed E-state index contributed by atoms with van der Waals surface area (Å²) in [6.45, 7) is 4.86. The molecule has 4 heterocycles. The van der Waals surface area contributed by atoms with Crippen molar-refractivity contribution < 1.29 is 14.2 Å². The summed E-state index contributed by atoms with van der Waals surface area (Å²) in [4.78, 5) is 14.3. The van der Waals surface area contributed by atoms with Gasteiger partial charge in [-0.15, -0.1) is 0 Å². The van der Waals surface area contributed by atoms with Crippen molar-refractivity contribution in [3.63, 3.8) is 0 Å². The zero-order valence-corrected chi connectivity index (χ0v) is 24.3. The Hall–Kier alpha value is -4.20. The molecule has 1 unspecified atom stereocenters. The normalized spacial score (nSPS) is 19.1. The number of nitriles is 1. The van der Waals surface area contributed by atoms with E-state index in [0.717, 1.165) is 104 Å². The Morgan fingerprint density at radius 2 is 1.88 bits per heavy atom. The van der Waals surface area contributed by atoms with Crippen molar-refractivity contribution in [1.29, 1.82) is 5.26 Å². The first-order valence-corrected chi connectivity index (χ1v) is 14.7. The number of anilines is 2. The van der Waals surface area contributed by atoms with E-state index in [4.69, 9.17) is 24.2 Å². The van der Waals surface area contributed by atoms with Crippen molar-refractivity contribution in [2.24, 2.45) is 5.92 Å². The first-order valence-electron chi connectivity index (χ1n) is 14.7.